The van der Waals surface area contributed by atoms with Gasteiger partial charge < -0.3 is 10.2 Å². The van der Waals surface area contributed by atoms with Gasteiger partial charge >= 0.3 is 0 Å². The Morgan fingerprint density at radius 3 is 2.93 bits per heavy atom. The molecule has 1 saturated heterocycles. The summed E-state index contributed by atoms with van der Waals surface area (Å²) in [4.78, 5) is 8.20. The molecule has 0 saturated carbocycles. The molecule has 14 heavy (non-hydrogen) atoms. The molecule has 1 aliphatic rings. The first-order valence-electron chi connectivity index (χ1n) is 5.24. The SMILES string of the molecule is CNCc1cnc(N2CCCCC2)s1. The summed E-state index contributed by atoms with van der Waals surface area (Å²) in [6.07, 6.45) is 6.01. The van der Waals surface area contributed by atoms with Crippen molar-refractivity contribution in [2.75, 3.05) is 25.0 Å². The number of hydrogen-bond donors (Lipinski definition) is 1. The molecule has 1 aliphatic heterocycles. The average molecular weight is 211 g/mol. The molecule has 0 amide bonds. The number of anilines is 1. The predicted molar refractivity (Wildman–Crippen MR) is 60.9 cm³/mol. The number of rotatable bonds is 3. The molecule has 0 aliphatic carbocycles. The Labute approximate surface area is 89.1 Å². The van der Waals surface area contributed by atoms with Crippen molar-refractivity contribution in [2.24, 2.45) is 0 Å². The van der Waals surface area contributed by atoms with Crippen LogP contribution in [0.25, 0.3) is 0 Å². The molecule has 1 N–H and O–H groups in total. The van der Waals surface area contributed by atoms with Gasteiger partial charge in [0.25, 0.3) is 0 Å². The number of piperidine rings is 1. The molecule has 3 nitrogen and oxygen atoms in total. The van der Waals surface area contributed by atoms with E-state index in [-0.39, 0.29) is 0 Å². The van der Waals surface area contributed by atoms with Crippen LogP contribution in [-0.4, -0.2) is 25.1 Å². The lowest BCUT2D eigenvalue weighted by Gasteiger charge is -2.25. The van der Waals surface area contributed by atoms with Gasteiger partial charge in [0, 0.05) is 30.7 Å². The van der Waals surface area contributed by atoms with E-state index in [1.54, 1.807) is 0 Å². The Kier molecular flexibility index (Phi) is 3.37. The molecule has 0 unspecified atom stereocenters. The van der Waals surface area contributed by atoms with E-state index >= 15 is 0 Å². The Hall–Kier alpha value is -0.610. The maximum absolute atomic E-state index is 4.46. The lowest BCUT2D eigenvalue weighted by Crippen LogP contribution is -2.29. The number of hydrogen-bond acceptors (Lipinski definition) is 4. The Morgan fingerprint density at radius 2 is 2.21 bits per heavy atom. The number of nitrogens with one attached hydrogen (secondary N) is 1. The number of nitrogens with zero attached hydrogens (tertiary/aromatic N) is 2. The van der Waals surface area contributed by atoms with E-state index in [0.29, 0.717) is 0 Å². The van der Waals surface area contributed by atoms with Gasteiger partial charge in [-0.1, -0.05) is 0 Å². The van der Waals surface area contributed by atoms with E-state index in [2.05, 4.69) is 15.2 Å². The molecule has 0 radical (unpaired) electrons. The first kappa shape index (κ1) is 9.93. The van der Waals surface area contributed by atoms with Crippen LogP contribution in [0, 0.1) is 0 Å². The van der Waals surface area contributed by atoms with Gasteiger partial charge in [0.05, 0.1) is 0 Å². The Morgan fingerprint density at radius 1 is 1.43 bits per heavy atom. The molecule has 0 atom stereocenters. The largest absolute Gasteiger partial charge is 0.348 e. The average Bonchev–Trinajstić information content (AvgIpc) is 2.68. The fourth-order valence-electron chi connectivity index (χ4n) is 1.78. The van der Waals surface area contributed by atoms with Crippen LogP contribution in [0.5, 0.6) is 0 Å². The summed E-state index contributed by atoms with van der Waals surface area (Å²) < 4.78 is 0. The summed E-state index contributed by atoms with van der Waals surface area (Å²) in [6.45, 7) is 3.31. The monoisotopic (exact) mass is 211 g/mol. The van der Waals surface area contributed by atoms with Crippen molar-refractivity contribution in [3.05, 3.63) is 11.1 Å². The zero-order chi connectivity index (χ0) is 9.80. The number of thiazole rings is 1. The van der Waals surface area contributed by atoms with Crippen molar-refractivity contribution >= 4 is 16.5 Å². The fourth-order valence-corrected chi connectivity index (χ4v) is 2.76. The van der Waals surface area contributed by atoms with Crippen LogP contribution in [0.1, 0.15) is 24.1 Å². The molecule has 1 aromatic heterocycles. The quantitative estimate of drug-likeness (QED) is 0.827. The zero-order valence-electron chi connectivity index (χ0n) is 8.62. The van der Waals surface area contributed by atoms with Gasteiger partial charge in [-0.2, -0.15) is 0 Å². The minimum atomic E-state index is 0.936. The van der Waals surface area contributed by atoms with Gasteiger partial charge in [0.15, 0.2) is 5.13 Å². The van der Waals surface area contributed by atoms with Gasteiger partial charge in [-0.25, -0.2) is 4.98 Å². The highest BCUT2D eigenvalue weighted by Crippen LogP contribution is 2.25. The van der Waals surface area contributed by atoms with Crippen LogP contribution in [0.2, 0.25) is 0 Å². The maximum Gasteiger partial charge on any atom is 0.185 e. The summed E-state index contributed by atoms with van der Waals surface area (Å²) in [7, 11) is 1.97. The summed E-state index contributed by atoms with van der Waals surface area (Å²) >= 11 is 1.82. The summed E-state index contributed by atoms with van der Waals surface area (Å²) in [5.41, 5.74) is 0. The van der Waals surface area contributed by atoms with Crippen LogP contribution >= 0.6 is 11.3 Å². The van der Waals surface area contributed by atoms with Crippen LogP contribution in [0.3, 0.4) is 0 Å². The summed E-state index contributed by atoms with van der Waals surface area (Å²) in [5.74, 6) is 0. The number of aromatic nitrogens is 1. The standard InChI is InChI=1S/C10H17N3S/c1-11-7-9-8-12-10(14-9)13-5-3-2-4-6-13/h8,11H,2-7H2,1H3. The van der Waals surface area contributed by atoms with Crippen molar-refractivity contribution in [3.63, 3.8) is 0 Å². The highest BCUT2D eigenvalue weighted by atomic mass is 32.1. The van der Waals surface area contributed by atoms with Crippen LogP contribution < -0.4 is 10.2 Å². The molecular weight excluding hydrogens is 194 g/mol. The van der Waals surface area contributed by atoms with Crippen molar-refractivity contribution in [1.82, 2.24) is 10.3 Å². The zero-order valence-corrected chi connectivity index (χ0v) is 9.44. The molecule has 0 spiro atoms. The van der Waals surface area contributed by atoms with Crippen molar-refractivity contribution < 1.29 is 0 Å². The van der Waals surface area contributed by atoms with Gasteiger partial charge in [0.2, 0.25) is 0 Å². The third kappa shape index (κ3) is 2.25. The minimum Gasteiger partial charge on any atom is -0.348 e. The van der Waals surface area contributed by atoms with Crippen LogP contribution in [-0.2, 0) is 6.54 Å². The van der Waals surface area contributed by atoms with Gasteiger partial charge in [-0.05, 0) is 26.3 Å². The van der Waals surface area contributed by atoms with Crippen LogP contribution in [0.15, 0.2) is 6.20 Å². The van der Waals surface area contributed by atoms with Gasteiger partial charge in [-0.15, -0.1) is 11.3 Å². The minimum absolute atomic E-state index is 0.936. The second-order valence-electron chi connectivity index (χ2n) is 3.69. The second kappa shape index (κ2) is 4.75. The third-order valence-electron chi connectivity index (χ3n) is 2.52. The second-order valence-corrected chi connectivity index (χ2v) is 4.78. The van der Waals surface area contributed by atoms with Crippen LogP contribution in [0.4, 0.5) is 5.13 Å². The van der Waals surface area contributed by atoms with Gasteiger partial charge in [0.1, 0.15) is 0 Å². The molecule has 2 heterocycles. The fraction of sp³-hybridized carbons (Fsp3) is 0.700. The molecule has 1 fully saturated rings. The van der Waals surface area contributed by atoms with Crippen molar-refractivity contribution in [2.45, 2.75) is 25.8 Å². The predicted octanol–water partition coefficient (Wildman–Crippen LogP) is 1.85. The van der Waals surface area contributed by atoms with E-state index in [0.717, 1.165) is 6.54 Å². The molecule has 4 heteroatoms. The molecule has 1 aromatic rings. The molecule has 78 valence electrons. The van der Waals surface area contributed by atoms with E-state index in [1.165, 1.54) is 42.4 Å². The third-order valence-corrected chi connectivity index (χ3v) is 3.58. The molecular formula is C10H17N3S. The van der Waals surface area contributed by atoms with E-state index in [1.807, 2.05) is 24.6 Å². The lowest BCUT2D eigenvalue weighted by molar-refractivity contribution is 0.577. The van der Waals surface area contributed by atoms with Crippen molar-refractivity contribution in [3.8, 4) is 0 Å². The van der Waals surface area contributed by atoms with Gasteiger partial charge in [-0.3, -0.25) is 0 Å². The maximum atomic E-state index is 4.46. The van der Waals surface area contributed by atoms with E-state index in [9.17, 15) is 0 Å². The Bertz CT molecular complexity index is 279. The normalized spacial score (nSPS) is 17.4. The lowest BCUT2D eigenvalue weighted by atomic mass is 10.1. The summed E-state index contributed by atoms with van der Waals surface area (Å²) in [6, 6.07) is 0. The Balaban J connectivity index is 2.00. The summed E-state index contributed by atoms with van der Waals surface area (Å²) in [5, 5.41) is 4.36. The van der Waals surface area contributed by atoms with E-state index < -0.39 is 0 Å². The molecule has 2 rings (SSSR count). The first-order valence-corrected chi connectivity index (χ1v) is 6.06. The highest BCUT2D eigenvalue weighted by molar-refractivity contribution is 7.15. The highest BCUT2D eigenvalue weighted by Gasteiger charge is 2.13. The molecule has 0 bridgehead atoms. The molecule has 0 aromatic carbocycles. The topological polar surface area (TPSA) is 28.2 Å². The van der Waals surface area contributed by atoms with E-state index in [4.69, 9.17) is 0 Å². The van der Waals surface area contributed by atoms with Crippen molar-refractivity contribution in [1.29, 1.82) is 0 Å². The smallest absolute Gasteiger partial charge is 0.185 e. The first-order chi connectivity index (χ1) is 6.90.